The van der Waals surface area contributed by atoms with Gasteiger partial charge in [0.25, 0.3) is 5.56 Å². The number of hydrogen-bond donors (Lipinski definition) is 0. The molecule has 1 atom stereocenters. The van der Waals surface area contributed by atoms with Crippen LogP contribution in [0.2, 0.25) is 0 Å². The lowest BCUT2D eigenvalue weighted by molar-refractivity contribution is -0.140. The highest BCUT2D eigenvalue weighted by atomic mass is 32.1. The summed E-state index contributed by atoms with van der Waals surface area (Å²) >= 11 is 1.22. The molecule has 1 unspecified atom stereocenters. The number of hydrogen-bond acceptors (Lipinski definition) is 9. The van der Waals surface area contributed by atoms with E-state index in [0.717, 1.165) is 11.1 Å². The first-order valence-electron chi connectivity index (χ1n) is 13.6. The Labute approximate surface area is 252 Å². The summed E-state index contributed by atoms with van der Waals surface area (Å²) in [7, 11) is 2.86. The molecule has 1 aliphatic heterocycles. The average Bonchev–Trinajstić information content (AvgIpc) is 3.33. The number of thiazole rings is 1. The van der Waals surface area contributed by atoms with Crippen LogP contribution in [0, 0.1) is 0 Å². The SMILES string of the molecule is CCOc1ccc(C=c2sc3n(c2=O)C(c2ccc(C(=O)OC)cc2)C(C(=O)OCc2ccccc2)=C(C)N=3)cc1OC. The van der Waals surface area contributed by atoms with Crippen LogP contribution in [0.25, 0.3) is 6.08 Å². The standard InChI is InChI=1S/C33H30N2O7S/c1-5-41-25-16-11-22(17-26(25)39-3)18-27-30(36)35-29(23-12-14-24(15-13-23)31(37)40-4)28(20(2)34-33(35)43-27)32(38)42-19-21-9-7-6-8-10-21/h6-18,29H,5,19H2,1-4H3. The molecule has 3 aromatic carbocycles. The maximum atomic E-state index is 14.0. The minimum absolute atomic E-state index is 0.0639. The summed E-state index contributed by atoms with van der Waals surface area (Å²) in [5, 5.41) is 0. The van der Waals surface area contributed by atoms with Crippen molar-refractivity contribution >= 4 is 29.4 Å². The molecular formula is C33H30N2O7S. The van der Waals surface area contributed by atoms with E-state index >= 15 is 0 Å². The number of carbonyl (C=O) groups excluding carboxylic acids is 2. The second kappa shape index (κ2) is 12.9. The van der Waals surface area contributed by atoms with E-state index in [1.807, 2.05) is 43.3 Å². The number of fused-ring (bicyclic) bond motifs is 1. The lowest BCUT2D eigenvalue weighted by Gasteiger charge is -2.25. The fourth-order valence-corrected chi connectivity index (χ4v) is 5.86. The van der Waals surface area contributed by atoms with Gasteiger partial charge in [0, 0.05) is 0 Å². The number of methoxy groups -OCH3 is 2. The number of nitrogens with zero attached hydrogens (tertiary/aromatic N) is 2. The van der Waals surface area contributed by atoms with Crippen LogP contribution in [0.15, 0.2) is 93.9 Å². The largest absolute Gasteiger partial charge is 0.493 e. The summed E-state index contributed by atoms with van der Waals surface area (Å²) in [5.74, 6) is 0.0766. The molecule has 43 heavy (non-hydrogen) atoms. The number of allylic oxidation sites excluding steroid dienone is 1. The van der Waals surface area contributed by atoms with Gasteiger partial charge in [-0.3, -0.25) is 9.36 Å². The first-order chi connectivity index (χ1) is 20.8. The Bertz CT molecular complexity index is 1870. The van der Waals surface area contributed by atoms with Crippen molar-refractivity contribution in [2.75, 3.05) is 20.8 Å². The Morgan fingerprint density at radius 2 is 1.72 bits per heavy atom. The van der Waals surface area contributed by atoms with Crippen molar-refractivity contribution in [3.05, 3.63) is 126 Å². The minimum Gasteiger partial charge on any atom is -0.493 e. The second-order valence-corrected chi connectivity index (χ2v) is 10.6. The molecule has 0 N–H and O–H groups in total. The molecule has 9 nitrogen and oxygen atoms in total. The monoisotopic (exact) mass is 598 g/mol. The first-order valence-corrected chi connectivity index (χ1v) is 14.4. The summed E-state index contributed by atoms with van der Waals surface area (Å²) in [5.41, 5.74) is 2.89. The third-order valence-electron chi connectivity index (χ3n) is 6.89. The fraction of sp³-hybridized carbons (Fsp3) is 0.212. The molecule has 5 rings (SSSR count). The molecule has 0 aliphatic carbocycles. The Morgan fingerprint density at radius 1 is 0.977 bits per heavy atom. The molecular weight excluding hydrogens is 568 g/mol. The van der Waals surface area contributed by atoms with Crippen molar-refractivity contribution in [1.29, 1.82) is 0 Å². The first kappa shape index (κ1) is 29.5. The highest BCUT2D eigenvalue weighted by molar-refractivity contribution is 7.07. The summed E-state index contributed by atoms with van der Waals surface area (Å²) in [6.45, 7) is 4.17. The molecule has 10 heteroatoms. The van der Waals surface area contributed by atoms with E-state index in [-0.39, 0.29) is 17.7 Å². The van der Waals surface area contributed by atoms with Crippen LogP contribution in [-0.2, 0) is 20.9 Å². The lowest BCUT2D eigenvalue weighted by atomic mass is 9.95. The van der Waals surface area contributed by atoms with E-state index in [0.29, 0.717) is 44.3 Å². The van der Waals surface area contributed by atoms with Gasteiger partial charge in [-0.2, -0.15) is 0 Å². The maximum absolute atomic E-state index is 14.0. The highest BCUT2D eigenvalue weighted by Crippen LogP contribution is 2.32. The van der Waals surface area contributed by atoms with Crippen LogP contribution >= 0.6 is 11.3 Å². The summed E-state index contributed by atoms with van der Waals surface area (Å²) in [4.78, 5) is 44.8. The molecule has 2 heterocycles. The highest BCUT2D eigenvalue weighted by Gasteiger charge is 2.33. The molecule has 0 radical (unpaired) electrons. The maximum Gasteiger partial charge on any atom is 0.338 e. The fourth-order valence-electron chi connectivity index (χ4n) is 4.82. The van der Waals surface area contributed by atoms with E-state index in [4.69, 9.17) is 18.9 Å². The topological polar surface area (TPSA) is 105 Å². The van der Waals surface area contributed by atoms with Crippen molar-refractivity contribution < 1.29 is 28.5 Å². The average molecular weight is 599 g/mol. The summed E-state index contributed by atoms with van der Waals surface area (Å²) in [6.07, 6.45) is 1.76. The number of rotatable bonds is 9. The zero-order chi connectivity index (χ0) is 30.5. The molecule has 0 saturated heterocycles. The Hall–Kier alpha value is -4.96. The predicted octanol–water partition coefficient (Wildman–Crippen LogP) is 4.17. The van der Waals surface area contributed by atoms with E-state index in [2.05, 4.69) is 4.99 Å². The van der Waals surface area contributed by atoms with E-state index in [9.17, 15) is 14.4 Å². The minimum atomic E-state index is -0.830. The van der Waals surface area contributed by atoms with Gasteiger partial charge < -0.3 is 18.9 Å². The molecule has 0 amide bonds. The normalized spacial score (nSPS) is 14.5. The number of carbonyl (C=O) groups is 2. The van der Waals surface area contributed by atoms with Gasteiger partial charge in [0.15, 0.2) is 16.3 Å². The van der Waals surface area contributed by atoms with Crippen LogP contribution in [0.3, 0.4) is 0 Å². The van der Waals surface area contributed by atoms with Crippen LogP contribution < -0.4 is 24.4 Å². The molecule has 0 saturated carbocycles. The zero-order valence-corrected chi connectivity index (χ0v) is 25.0. The smallest absolute Gasteiger partial charge is 0.338 e. The van der Waals surface area contributed by atoms with E-state index < -0.39 is 18.0 Å². The zero-order valence-electron chi connectivity index (χ0n) is 24.2. The van der Waals surface area contributed by atoms with Gasteiger partial charge in [-0.05, 0) is 60.9 Å². The van der Waals surface area contributed by atoms with Crippen LogP contribution in [0.5, 0.6) is 11.5 Å². The van der Waals surface area contributed by atoms with Crippen molar-refractivity contribution in [2.45, 2.75) is 26.5 Å². The molecule has 0 spiro atoms. The molecule has 1 aliphatic rings. The van der Waals surface area contributed by atoms with Crippen LogP contribution in [-0.4, -0.2) is 37.3 Å². The number of benzene rings is 3. The van der Waals surface area contributed by atoms with Crippen LogP contribution in [0.4, 0.5) is 0 Å². The predicted molar refractivity (Wildman–Crippen MR) is 162 cm³/mol. The Morgan fingerprint density at radius 3 is 2.40 bits per heavy atom. The van der Waals surface area contributed by atoms with E-state index in [1.165, 1.54) is 23.0 Å². The van der Waals surface area contributed by atoms with Crippen LogP contribution in [0.1, 0.15) is 46.9 Å². The summed E-state index contributed by atoms with van der Waals surface area (Å²) < 4.78 is 23.6. The Kier molecular flexibility index (Phi) is 8.87. The molecule has 0 bridgehead atoms. The molecule has 0 fully saturated rings. The van der Waals surface area contributed by atoms with Gasteiger partial charge in [0.2, 0.25) is 0 Å². The molecule has 4 aromatic rings. The quantitative estimate of drug-likeness (QED) is 0.266. The van der Waals surface area contributed by atoms with E-state index in [1.54, 1.807) is 56.5 Å². The van der Waals surface area contributed by atoms with Gasteiger partial charge in [-0.1, -0.05) is 59.9 Å². The lowest BCUT2D eigenvalue weighted by Crippen LogP contribution is -2.39. The van der Waals surface area contributed by atoms with Crippen molar-refractivity contribution in [3.63, 3.8) is 0 Å². The number of aromatic nitrogens is 1. The molecule has 1 aromatic heterocycles. The number of ether oxygens (including phenoxy) is 4. The van der Waals surface area contributed by atoms with Gasteiger partial charge in [-0.15, -0.1) is 0 Å². The third-order valence-corrected chi connectivity index (χ3v) is 7.87. The van der Waals surface area contributed by atoms with Gasteiger partial charge in [-0.25, -0.2) is 14.6 Å². The Balaban J connectivity index is 1.60. The number of esters is 2. The second-order valence-electron chi connectivity index (χ2n) is 9.60. The van der Waals surface area contributed by atoms with Gasteiger partial charge >= 0.3 is 11.9 Å². The van der Waals surface area contributed by atoms with Crippen molar-refractivity contribution in [2.24, 2.45) is 4.99 Å². The van der Waals surface area contributed by atoms with Crippen molar-refractivity contribution in [1.82, 2.24) is 4.57 Å². The van der Waals surface area contributed by atoms with Gasteiger partial charge in [0.1, 0.15) is 6.61 Å². The van der Waals surface area contributed by atoms with Crippen molar-refractivity contribution in [3.8, 4) is 11.5 Å². The third kappa shape index (κ3) is 6.14. The molecule has 220 valence electrons. The summed E-state index contributed by atoms with van der Waals surface area (Å²) in [6, 6.07) is 20.6. The van der Waals surface area contributed by atoms with Gasteiger partial charge in [0.05, 0.1) is 48.2 Å².